The largest absolute Gasteiger partial charge is 0.379 e. The molecule has 1 aliphatic heterocycles. The van der Waals surface area contributed by atoms with Crippen molar-refractivity contribution in [2.45, 2.75) is 19.3 Å². The van der Waals surface area contributed by atoms with Gasteiger partial charge in [-0.25, -0.2) is 5.48 Å². The van der Waals surface area contributed by atoms with E-state index in [1.165, 1.54) is 10.9 Å². The molecule has 0 spiro atoms. The number of aromatic amines is 1. The first-order chi connectivity index (χ1) is 16.6. The van der Waals surface area contributed by atoms with Gasteiger partial charge in [-0.2, -0.15) is 0 Å². The fourth-order valence-electron chi connectivity index (χ4n) is 4.31. The number of rotatable bonds is 10. The number of fused-ring (bicyclic) bond motifs is 1. The highest BCUT2D eigenvalue weighted by Gasteiger charge is 2.19. The standard InChI is InChI=1S/C26H32N4O4/c31-25(28-33)10-7-20-5-8-21(9-6-20)26(32)30(14-13-29-15-17-34-18-16-29)12-11-22-19-27-24-4-2-1-3-23(22)24/h1-6,8-9,19,27,33H,7,10-18H2,(H,28,31). The minimum absolute atomic E-state index is 0.00718. The predicted octanol–water partition coefficient (Wildman–Crippen LogP) is 2.62. The molecule has 8 nitrogen and oxygen atoms in total. The SMILES string of the molecule is O=C(CCc1ccc(C(=O)N(CCc2c[nH]c3ccccc23)CCN2CCOCC2)cc1)NO. The van der Waals surface area contributed by atoms with E-state index < -0.39 is 5.91 Å². The van der Waals surface area contributed by atoms with Gasteiger partial charge < -0.3 is 14.6 Å². The van der Waals surface area contributed by atoms with Crippen molar-refractivity contribution >= 4 is 22.7 Å². The number of nitrogens with one attached hydrogen (secondary N) is 2. The van der Waals surface area contributed by atoms with Gasteiger partial charge in [0.25, 0.3) is 5.91 Å². The van der Waals surface area contributed by atoms with E-state index in [0.717, 1.165) is 50.3 Å². The third-order valence-corrected chi connectivity index (χ3v) is 6.37. The molecule has 34 heavy (non-hydrogen) atoms. The zero-order chi connectivity index (χ0) is 23.8. The highest BCUT2D eigenvalue weighted by Crippen LogP contribution is 2.19. The Kier molecular flexibility index (Phi) is 8.30. The monoisotopic (exact) mass is 464 g/mol. The van der Waals surface area contributed by atoms with Gasteiger partial charge in [0.05, 0.1) is 13.2 Å². The molecule has 1 fully saturated rings. The molecular weight excluding hydrogens is 432 g/mol. The lowest BCUT2D eigenvalue weighted by Crippen LogP contribution is -2.43. The van der Waals surface area contributed by atoms with Crippen molar-refractivity contribution in [1.29, 1.82) is 0 Å². The molecule has 0 atom stereocenters. The molecule has 3 aromatic rings. The summed E-state index contributed by atoms with van der Waals surface area (Å²) in [5, 5.41) is 9.84. The first-order valence-corrected chi connectivity index (χ1v) is 11.8. The molecule has 1 aromatic heterocycles. The van der Waals surface area contributed by atoms with Crippen molar-refractivity contribution in [3.8, 4) is 0 Å². The maximum absolute atomic E-state index is 13.4. The van der Waals surface area contributed by atoms with Gasteiger partial charge in [0, 0.05) is 61.8 Å². The van der Waals surface area contributed by atoms with Gasteiger partial charge in [-0.05, 0) is 42.2 Å². The Morgan fingerprint density at radius 2 is 1.79 bits per heavy atom. The normalized spacial score (nSPS) is 14.3. The molecule has 1 aliphatic rings. The number of nitrogens with zero attached hydrogens (tertiary/aromatic N) is 2. The molecule has 0 aliphatic carbocycles. The molecule has 0 radical (unpaired) electrons. The van der Waals surface area contributed by atoms with E-state index in [1.54, 1.807) is 5.48 Å². The lowest BCUT2D eigenvalue weighted by molar-refractivity contribution is -0.129. The summed E-state index contributed by atoms with van der Waals surface area (Å²) in [6.45, 7) is 5.35. The first kappa shape index (κ1) is 23.9. The Bertz CT molecular complexity index is 1090. The van der Waals surface area contributed by atoms with Crippen LogP contribution in [0.5, 0.6) is 0 Å². The number of carbonyl (C=O) groups excluding carboxylic acids is 2. The highest BCUT2D eigenvalue weighted by atomic mass is 16.5. The number of H-pyrrole nitrogens is 1. The van der Waals surface area contributed by atoms with Crippen LogP contribution in [0.2, 0.25) is 0 Å². The van der Waals surface area contributed by atoms with Crippen molar-refractivity contribution < 1.29 is 19.5 Å². The Labute approximate surface area is 199 Å². The highest BCUT2D eigenvalue weighted by molar-refractivity contribution is 5.94. The van der Waals surface area contributed by atoms with Crippen LogP contribution in [0.3, 0.4) is 0 Å². The zero-order valence-corrected chi connectivity index (χ0v) is 19.3. The van der Waals surface area contributed by atoms with E-state index in [-0.39, 0.29) is 12.3 Å². The smallest absolute Gasteiger partial charge is 0.253 e. The quantitative estimate of drug-likeness (QED) is 0.317. The summed E-state index contributed by atoms with van der Waals surface area (Å²) in [4.78, 5) is 32.3. The number of hydrogen-bond acceptors (Lipinski definition) is 5. The van der Waals surface area contributed by atoms with Crippen molar-refractivity contribution in [3.05, 3.63) is 71.4 Å². The Morgan fingerprint density at radius 3 is 2.56 bits per heavy atom. The number of hydroxylamine groups is 1. The van der Waals surface area contributed by atoms with E-state index in [0.29, 0.717) is 25.1 Å². The number of amides is 2. The predicted molar refractivity (Wildman–Crippen MR) is 130 cm³/mol. The van der Waals surface area contributed by atoms with E-state index in [9.17, 15) is 9.59 Å². The minimum atomic E-state index is -0.424. The maximum atomic E-state index is 13.4. The van der Waals surface area contributed by atoms with Crippen LogP contribution in [0.25, 0.3) is 10.9 Å². The van der Waals surface area contributed by atoms with Crippen LogP contribution >= 0.6 is 0 Å². The number of ether oxygens (including phenoxy) is 1. The van der Waals surface area contributed by atoms with Crippen LogP contribution in [0.4, 0.5) is 0 Å². The van der Waals surface area contributed by atoms with Gasteiger partial charge in [-0.1, -0.05) is 30.3 Å². The molecule has 4 rings (SSSR count). The van der Waals surface area contributed by atoms with Gasteiger partial charge in [-0.3, -0.25) is 19.7 Å². The van der Waals surface area contributed by atoms with E-state index in [4.69, 9.17) is 9.94 Å². The molecule has 1 saturated heterocycles. The Morgan fingerprint density at radius 1 is 1.03 bits per heavy atom. The Balaban J connectivity index is 1.43. The number of morpholine rings is 1. The summed E-state index contributed by atoms with van der Waals surface area (Å²) < 4.78 is 5.45. The molecule has 2 heterocycles. The molecule has 2 amide bonds. The summed E-state index contributed by atoms with van der Waals surface area (Å²) >= 11 is 0. The molecule has 3 N–H and O–H groups in total. The molecule has 0 saturated carbocycles. The average Bonchev–Trinajstić information content (AvgIpc) is 3.31. The fraction of sp³-hybridized carbons (Fsp3) is 0.385. The van der Waals surface area contributed by atoms with Gasteiger partial charge in [-0.15, -0.1) is 0 Å². The van der Waals surface area contributed by atoms with Gasteiger partial charge in [0.1, 0.15) is 0 Å². The zero-order valence-electron chi connectivity index (χ0n) is 19.3. The third-order valence-electron chi connectivity index (χ3n) is 6.37. The Hall–Kier alpha value is -3.20. The van der Waals surface area contributed by atoms with Crippen molar-refractivity contribution in [3.63, 3.8) is 0 Å². The molecule has 2 aromatic carbocycles. The second-order valence-corrected chi connectivity index (χ2v) is 8.59. The van der Waals surface area contributed by atoms with E-state index >= 15 is 0 Å². The summed E-state index contributed by atoms with van der Waals surface area (Å²) in [5.74, 6) is -0.417. The van der Waals surface area contributed by atoms with E-state index in [2.05, 4.69) is 22.0 Å². The maximum Gasteiger partial charge on any atom is 0.253 e. The number of hydrogen-bond donors (Lipinski definition) is 3. The summed E-state index contributed by atoms with van der Waals surface area (Å²) in [6.07, 6.45) is 3.50. The number of aromatic nitrogens is 1. The van der Waals surface area contributed by atoms with Crippen LogP contribution in [-0.2, 0) is 22.4 Å². The third kappa shape index (κ3) is 6.22. The fourth-order valence-corrected chi connectivity index (χ4v) is 4.31. The second kappa shape index (κ2) is 11.8. The van der Waals surface area contributed by atoms with Crippen LogP contribution in [-0.4, -0.2) is 77.7 Å². The van der Waals surface area contributed by atoms with Gasteiger partial charge in [0.2, 0.25) is 5.91 Å². The van der Waals surface area contributed by atoms with Crippen LogP contribution in [0, 0.1) is 0 Å². The lowest BCUT2D eigenvalue weighted by Gasteiger charge is -2.30. The molecule has 0 bridgehead atoms. The topological polar surface area (TPSA) is 97.9 Å². The summed E-state index contributed by atoms with van der Waals surface area (Å²) in [5.41, 5.74) is 5.53. The molecule has 8 heteroatoms. The number of para-hydroxylation sites is 1. The average molecular weight is 465 g/mol. The van der Waals surface area contributed by atoms with Crippen LogP contribution < -0.4 is 5.48 Å². The molecular formula is C26H32N4O4. The number of benzene rings is 2. The molecule has 0 unspecified atom stereocenters. The summed E-state index contributed by atoms with van der Waals surface area (Å²) in [7, 11) is 0. The van der Waals surface area contributed by atoms with Gasteiger partial charge in [0.15, 0.2) is 0 Å². The molecule has 180 valence electrons. The van der Waals surface area contributed by atoms with Crippen molar-refractivity contribution in [2.24, 2.45) is 0 Å². The first-order valence-electron chi connectivity index (χ1n) is 11.8. The van der Waals surface area contributed by atoms with Crippen molar-refractivity contribution in [1.82, 2.24) is 20.3 Å². The van der Waals surface area contributed by atoms with Crippen LogP contribution in [0.15, 0.2) is 54.7 Å². The number of aryl methyl sites for hydroxylation is 1. The van der Waals surface area contributed by atoms with Gasteiger partial charge >= 0.3 is 0 Å². The van der Waals surface area contributed by atoms with Crippen LogP contribution in [0.1, 0.15) is 27.9 Å². The summed E-state index contributed by atoms with van der Waals surface area (Å²) in [6, 6.07) is 15.6. The minimum Gasteiger partial charge on any atom is -0.379 e. The number of carbonyl (C=O) groups is 2. The second-order valence-electron chi connectivity index (χ2n) is 8.59. The van der Waals surface area contributed by atoms with Crippen molar-refractivity contribution in [2.75, 3.05) is 45.9 Å². The van der Waals surface area contributed by atoms with E-state index in [1.807, 2.05) is 47.5 Å². The lowest BCUT2D eigenvalue weighted by atomic mass is 10.1.